The molecule has 0 saturated heterocycles. The number of hydrogen-bond donors (Lipinski definition) is 1. The number of carbonyl (C=O) groups excluding carboxylic acids is 2. The van der Waals surface area contributed by atoms with E-state index in [0.717, 1.165) is 51.6 Å². The third-order valence-corrected chi connectivity index (χ3v) is 5.63. The lowest BCUT2D eigenvalue weighted by molar-refractivity contribution is -0.145. The molecule has 0 aliphatic rings. The number of nitrogens with two attached hydrogens (primary N) is 1. The quantitative estimate of drug-likeness (QED) is 0.181. The Morgan fingerprint density at radius 1 is 0.733 bits per heavy atom. The summed E-state index contributed by atoms with van der Waals surface area (Å²) in [6.45, 7) is 8.54. The molecule has 178 valence electrons. The van der Waals surface area contributed by atoms with Gasteiger partial charge in [0.1, 0.15) is 6.04 Å². The summed E-state index contributed by atoms with van der Waals surface area (Å²) < 4.78 is 5.31. The summed E-state index contributed by atoms with van der Waals surface area (Å²) in [7, 11) is 0. The first kappa shape index (κ1) is 28.9. The lowest BCUT2D eigenvalue weighted by Crippen LogP contribution is -2.37. The Hall–Kier alpha value is -1.10. The van der Waals surface area contributed by atoms with Crippen molar-refractivity contribution in [1.29, 1.82) is 0 Å². The van der Waals surface area contributed by atoms with Crippen LogP contribution in [0.1, 0.15) is 124 Å². The molecule has 0 radical (unpaired) electrons. The lowest BCUT2D eigenvalue weighted by atomic mass is 10.1. The molecule has 5 heteroatoms. The van der Waals surface area contributed by atoms with Crippen molar-refractivity contribution >= 4 is 11.9 Å². The highest BCUT2D eigenvalue weighted by molar-refractivity contribution is 5.79. The minimum absolute atomic E-state index is 0.106. The fraction of sp³-hybridized carbons (Fsp3) is 0.920. The number of esters is 1. The molecule has 0 aromatic heterocycles. The summed E-state index contributed by atoms with van der Waals surface area (Å²) in [5.41, 5.74) is 5.95. The summed E-state index contributed by atoms with van der Waals surface area (Å²) in [5, 5.41) is 0. The molecule has 0 saturated carbocycles. The zero-order valence-corrected chi connectivity index (χ0v) is 20.3. The van der Waals surface area contributed by atoms with E-state index in [1.165, 1.54) is 51.4 Å². The van der Waals surface area contributed by atoms with Gasteiger partial charge in [0.25, 0.3) is 0 Å². The molecule has 0 aliphatic heterocycles. The minimum Gasteiger partial charge on any atom is -0.465 e. The van der Waals surface area contributed by atoms with E-state index in [9.17, 15) is 9.59 Å². The van der Waals surface area contributed by atoms with Gasteiger partial charge < -0.3 is 15.4 Å². The Morgan fingerprint density at radius 2 is 1.20 bits per heavy atom. The van der Waals surface area contributed by atoms with Crippen molar-refractivity contribution in [2.45, 2.75) is 130 Å². The third kappa shape index (κ3) is 16.7. The van der Waals surface area contributed by atoms with Crippen LogP contribution in [0.2, 0.25) is 0 Å². The second-order valence-corrected chi connectivity index (χ2v) is 8.58. The lowest BCUT2D eigenvalue weighted by Gasteiger charge is -2.23. The Labute approximate surface area is 186 Å². The SMILES string of the molecule is CCCCCCCCCCCCOC(=O)[C@@H](N)CCC(=O)N(CCCC)CCCC. The van der Waals surface area contributed by atoms with Gasteiger partial charge in [0, 0.05) is 19.5 Å². The molecule has 1 atom stereocenters. The van der Waals surface area contributed by atoms with Crippen LogP contribution < -0.4 is 5.73 Å². The van der Waals surface area contributed by atoms with E-state index in [-0.39, 0.29) is 11.9 Å². The van der Waals surface area contributed by atoms with Crippen molar-refractivity contribution in [3.63, 3.8) is 0 Å². The van der Waals surface area contributed by atoms with Gasteiger partial charge in [-0.15, -0.1) is 0 Å². The molecule has 30 heavy (non-hydrogen) atoms. The predicted molar refractivity (Wildman–Crippen MR) is 126 cm³/mol. The molecular formula is C25H50N2O3. The maximum absolute atomic E-state index is 12.5. The van der Waals surface area contributed by atoms with Crippen molar-refractivity contribution in [2.24, 2.45) is 5.73 Å². The van der Waals surface area contributed by atoms with Gasteiger partial charge >= 0.3 is 5.97 Å². The molecule has 0 rings (SSSR count). The Balaban J connectivity index is 3.80. The number of rotatable bonds is 21. The summed E-state index contributed by atoms with van der Waals surface area (Å²) in [5.74, 6) is -0.262. The number of hydrogen-bond acceptors (Lipinski definition) is 4. The number of nitrogens with zero attached hydrogens (tertiary/aromatic N) is 1. The highest BCUT2D eigenvalue weighted by atomic mass is 16.5. The van der Waals surface area contributed by atoms with Gasteiger partial charge in [0.2, 0.25) is 5.91 Å². The van der Waals surface area contributed by atoms with Crippen LogP contribution in [0.25, 0.3) is 0 Å². The van der Waals surface area contributed by atoms with Crippen LogP contribution in [0.5, 0.6) is 0 Å². The molecule has 0 aromatic rings. The predicted octanol–water partition coefficient (Wildman–Crippen LogP) is 5.99. The van der Waals surface area contributed by atoms with Crippen molar-refractivity contribution in [3.05, 3.63) is 0 Å². The van der Waals surface area contributed by atoms with E-state index in [1.807, 2.05) is 4.90 Å². The summed E-state index contributed by atoms with van der Waals surface area (Å²) in [4.78, 5) is 26.4. The average Bonchev–Trinajstić information content (AvgIpc) is 2.75. The van der Waals surface area contributed by atoms with Gasteiger partial charge in [0.05, 0.1) is 6.61 Å². The molecule has 1 amide bonds. The van der Waals surface area contributed by atoms with Crippen molar-refractivity contribution < 1.29 is 14.3 Å². The molecule has 0 unspecified atom stereocenters. The van der Waals surface area contributed by atoms with Crippen LogP contribution in [0.15, 0.2) is 0 Å². The van der Waals surface area contributed by atoms with Crippen molar-refractivity contribution in [3.8, 4) is 0 Å². The highest BCUT2D eigenvalue weighted by Crippen LogP contribution is 2.11. The normalized spacial score (nSPS) is 12.0. The largest absolute Gasteiger partial charge is 0.465 e. The average molecular weight is 427 g/mol. The molecule has 0 aliphatic carbocycles. The fourth-order valence-corrected chi connectivity index (χ4v) is 3.48. The van der Waals surface area contributed by atoms with E-state index in [1.54, 1.807) is 0 Å². The van der Waals surface area contributed by atoms with Gasteiger partial charge in [0.15, 0.2) is 0 Å². The summed E-state index contributed by atoms with van der Waals surface area (Å²) >= 11 is 0. The molecule has 5 nitrogen and oxygen atoms in total. The first-order chi connectivity index (χ1) is 14.6. The van der Waals surface area contributed by atoms with Gasteiger partial charge in [-0.1, -0.05) is 91.4 Å². The van der Waals surface area contributed by atoms with E-state index >= 15 is 0 Å². The summed E-state index contributed by atoms with van der Waals surface area (Å²) in [6, 6.07) is -0.698. The minimum atomic E-state index is -0.698. The van der Waals surface area contributed by atoms with Gasteiger partial charge in [-0.2, -0.15) is 0 Å². The Kier molecular flexibility index (Phi) is 20.4. The van der Waals surface area contributed by atoms with E-state index in [2.05, 4.69) is 20.8 Å². The topological polar surface area (TPSA) is 72.6 Å². The number of amides is 1. The Morgan fingerprint density at radius 3 is 1.70 bits per heavy atom. The second-order valence-electron chi connectivity index (χ2n) is 8.58. The molecular weight excluding hydrogens is 376 g/mol. The van der Waals surface area contributed by atoms with Crippen LogP contribution >= 0.6 is 0 Å². The summed E-state index contributed by atoms with van der Waals surface area (Å²) in [6.07, 6.45) is 17.4. The monoisotopic (exact) mass is 426 g/mol. The van der Waals surface area contributed by atoms with Gasteiger partial charge in [-0.05, 0) is 25.7 Å². The maximum atomic E-state index is 12.5. The van der Waals surface area contributed by atoms with Crippen LogP contribution in [0, 0.1) is 0 Å². The van der Waals surface area contributed by atoms with Gasteiger partial charge in [-0.25, -0.2) is 0 Å². The zero-order chi connectivity index (χ0) is 22.5. The van der Waals surface area contributed by atoms with Crippen molar-refractivity contribution in [2.75, 3.05) is 19.7 Å². The molecule has 0 heterocycles. The number of ether oxygens (including phenoxy) is 1. The number of carbonyl (C=O) groups is 2. The van der Waals surface area contributed by atoms with Gasteiger partial charge in [-0.3, -0.25) is 9.59 Å². The molecule has 2 N–H and O–H groups in total. The standard InChI is InChI=1S/C25H50N2O3/c1-4-7-10-11-12-13-14-15-16-17-22-30-25(29)23(26)18-19-24(28)27(20-8-5-2)21-9-6-3/h23H,4-22,26H2,1-3H3/t23-/m0/s1. The second kappa shape index (κ2) is 21.1. The first-order valence-electron chi connectivity index (χ1n) is 12.8. The molecule has 0 aromatic carbocycles. The molecule has 0 spiro atoms. The zero-order valence-electron chi connectivity index (χ0n) is 20.3. The first-order valence-corrected chi connectivity index (χ1v) is 12.8. The molecule has 0 fully saturated rings. The Bertz CT molecular complexity index is 407. The highest BCUT2D eigenvalue weighted by Gasteiger charge is 2.19. The third-order valence-electron chi connectivity index (χ3n) is 5.63. The van der Waals surface area contributed by atoms with E-state index in [0.29, 0.717) is 19.4 Å². The fourth-order valence-electron chi connectivity index (χ4n) is 3.48. The van der Waals surface area contributed by atoms with Crippen molar-refractivity contribution in [1.82, 2.24) is 4.90 Å². The smallest absolute Gasteiger partial charge is 0.322 e. The van der Waals surface area contributed by atoms with E-state index < -0.39 is 6.04 Å². The van der Waals surface area contributed by atoms with E-state index in [4.69, 9.17) is 10.5 Å². The maximum Gasteiger partial charge on any atom is 0.322 e. The van der Waals surface area contributed by atoms with Crippen LogP contribution in [0.3, 0.4) is 0 Å². The van der Waals surface area contributed by atoms with Crippen LogP contribution in [-0.4, -0.2) is 42.5 Å². The van der Waals surface area contributed by atoms with Crippen LogP contribution in [-0.2, 0) is 14.3 Å². The number of unbranched alkanes of at least 4 members (excludes halogenated alkanes) is 11. The van der Waals surface area contributed by atoms with Crippen LogP contribution in [0.4, 0.5) is 0 Å². The molecule has 0 bridgehead atoms.